The molecule has 0 aromatic rings. The van der Waals surface area contributed by atoms with E-state index in [0.29, 0.717) is 36.9 Å². The number of hydrogen-bond acceptors (Lipinski definition) is 3. The zero-order chi connectivity index (χ0) is 14.1. The first kappa shape index (κ1) is 17.3. The van der Waals surface area contributed by atoms with Crippen LogP contribution in [-0.2, 0) is 9.47 Å². The van der Waals surface area contributed by atoms with E-state index in [1.165, 1.54) is 0 Å². The quantitative estimate of drug-likeness (QED) is 0.601. The lowest BCUT2D eigenvalue weighted by Crippen LogP contribution is -2.21. The van der Waals surface area contributed by atoms with Crippen LogP contribution in [0.5, 0.6) is 0 Å². The third-order valence-electron chi connectivity index (χ3n) is 4.16. The Hall–Kier alpha value is -0.730. The first-order valence-corrected chi connectivity index (χ1v) is 7.21. The largest absolute Gasteiger partial charge is 0.508 e. The first-order valence-electron chi connectivity index (χ1n) is 7.21. The van der Waals surface area contributed by atoms with Crippen LogP contribution >= 0.6 is 0 Å². The molecule has 0 aromatic heterocycles. The van der Waals surface area contributed by atoms with Crippen LogP contribution in [0.25, 0.3) is 0 Å². The number of carbonyl (C=O) groups excluding carboxylic acids is 1. The maximum atomic E-state index is 11.4. The van der Waals surface area contributed by atoms with Crippen LogP contribution in [0.2, 0.25) is 0 Å². The molecule has 0 saturated carbocycles. The van der Waals surface area contributed by atoms with Crippen molar-refractivity contribution in [3.63, 3.8) is 0 Å². The van der Waals surface area contributed by atoms with Crippen LogP contribution in [0.4, 0.5) is 4.79 Å². The van der Waals surface area contributed by atoms with Crippen LogP contribution in [0.15, 0.2) is 0 Å². The third kappa shape index (κ3) is 6.87. The summed E-state index contributed by atoms with van der Waals surface area (Å²) in [5.41, 5.74) is 0. The van der Waals surface area contributed by atoms with Crippen molar-refractivity contribution in [2.24, 2.45) is 23.7 Å². The van der Waals surface area contributed by atoms with Gasteiger partial charge in [-0.05, 0) is 23.7 Å². The second-order valence-corrected chi connectivity index (χ2v) is 5.60. The maximum Gasteiger partial charge on any atom is 0.508 e. The van der Waals surface area contributed by atoms with Gasteiger partial charge in [0.15, 0.2) is 0 Å². The summed E-state index contributed by atoms with van der Waals surface area (Å²) in [6.45, 7) is 13.7. The zero-order valence-corrected chi connectivity index (χ0v) is 12.9. The molecule has 0 rings (SSSR count). The zero-order valence-electron chi connectivity index (χ0n) is 12.9. The third-order valence-corrected chi connectivity index (χ3v) is 4.16. The molecule has 0 spiro atoms. The molecule has 18 heavy (non-hydrogen) atoms. The lowest BCUT2D eigenvalue weighted by atomic mass is 9.94. The molecule has 0 radical (unpaired) electrons. The van der Waals surface area contributed by atoms with Crippen molar-refractivity contribution in [3.8, 4) is 0 Å². The van der Waals surface area contributed by atoms with E-state index in [0.717, 1.165) is 12.8 Å². The van der Waals surface area contributed by atoms with Gasteiger partial charge in [-0.2, -0.15) is 0 Å². The molecule has 3 heteroatoms. The van der Waals surface area contributed by atoms with E-state index in [1.54, 1.807) is 0 Å². The summed E-state index contributed by atoms with van der Waals surface area (Å²) >= 11 is 0. The van der Waals surface area contributed by atoms with E-state index in [4.69, 9.17) is 9.47 Å². The molecule has 0 aliphatic heterocycles. The van der Waals surface area contributed by atoms with Crippen molar-refractivity contribution in [1.29, 1.82) is 0 Å². The average Bonchev–Trinajstić information content (AvgIpc) is 2.39. The Kier molecular flexibility index (Phi) is 8.86. The lowest BCUT2D eigenvalue weighted by Gasteiger charge is -2.20. The maximum absolute atomic E-state index is 11.4. The van der Waals surface area contributed by atoms with Gasteiger partial charge in [-0.25, -0.2) is 4.79 Å². The molecule has 108 valence electrons. The van der Waals surface area contributed by atoms with Gasteiger partial charge in [0.1, 0.15) is 0 Å². The molecule has 0 aliphatic carbocycles. The van der Waals surface area contributed by atoms with Gasteiger partial charge < -0.3 is 9.47 Å². The van der Waals surface area contributed by atoms with Crippen LogP contribution < -0.4 is 0 Å². The monoisotopic (exact) mass is 258 g/mol. The number of carbonyl (C=O) groups is 1. The number of ether oxygens (including phenoxy) is 2. The molecule has 0 aromatic carbocycles. The Morgan fingerprint density at radius 2 is 1.11 bits per heavy atom. The van der Waals surface area contributed by atoms with Crippen molar-refractivity contribution in [3.05, 3.63) is 0 Å². The highest BCUT2D eigenvalue weighted by atomic mass is 16.7. The molecule has 0 N–H and O–H groups in total. The van der Waals surface area contributed by atoms with Crippen molar-refractivity contribution in [1.82, 2.24) is 0 Å². The predicted octanol–water partition coefficient (Wildman–Crippen LogP) is 4.50. The van der Waals surface area contributed by atoms with Crippen LogP contribution in [0, 0.1) is 23.7 Å². The van der Waals surface area contributed by atoms with Gasteiger partial charge in [0.25, 0.3) is 0 Å². The molecule has 0 amide bonds. The van der Waals surface area contributed by atoms with E-state index in [9.17, 15) is 4.79 Å². The Labute approximate surface area is 112 Å². The van der Waals surface area contributed by atoms with Crippen molar-refractivity contribution < 1.29 is 14.3 Å². The van der Waals surface area contributed by atoms with E-state index >= 15 is 0 Å². The van der Waals surface area contributed by atoms with E-state index in [-0.39, 0.29) is 0 Å². The summed E-state index contributed by atoms with van der Waals surface area (Å²) in [7, 11) is 0. The van der Waals surface area contributed by atoms with Crippen LogP contribution in [0.3, 0.4) is 0 Å². The molecule has 4 atom stereocenters. The summed E-state index contributed by atoms with van der Waals surface area (Å²) in [6.07, 6.45) is 1.68. The second kappa shape index (κ2) is 9.23. The minimum absolute atomic E-state index is 0.384. The minimum atomic E-state index is -0.527. The van der Waals surface area contributed by atoms with Gasteiger partial charge >= 0.3 is 6.16 Å². The fourth-order valence-electron chi connectivity index (χ4n) is 1.57. The highest BCUT2D eigenvalue weighted by Crippen LogP contribution is 2.16. The van der Waals surface area contributed by atoms with Gasteiger partial charge in [0, 0.05) is 0 Å². The molecule has 0 heterocycles. The summed E-state index contributed by atoms with van der Waals surface area (Å²) in [5.74, 6) is 1.90. The van der Waals surface area contributed by atoms with Crippen LogP contribution in [-0.4, -0.2) is 19.4 Å². The van der Waals surface area contributed by atoms with Crippen LogP contribution in [0.1, 0.15) is 54.4 Å². The topological polar surface area (TPSA) is 35.5 Å². The SMILES string of the molecule is CCC(C)C(C)COC(=O)OCC(C)C(C)CC. The van der Waals surface area contributed by atoms with Gasteiger partial charge in [-0.15, -0.1) is 0 Å². The Bertz CT molecular complexity index is 206. The fourth-order valence-corrected chi connectivity index (χ4v) is 1.57. The molecule has 4 unspecified atom stereocenters. The Morgan fingerprint density at radius 1 is 0.778 bits per heavy atom. The first-order chi connectivity index (χ1) is 8.42. The van der Waals surface area contributed by atoms with E-state index in [1.807, 2.05) is 0 Å². The summed E-state index contributed by atoms with van der Waals surface area (Å²) < 4.78 is 10.3. The summed E-state index contributed by atoms with van der Waals surface area (Å²) in [4.78, 5) is 11.4. The minimum Gasteiger partial charge on any atom is -0.434 e. The van der Waals surface area contributed by atoms with Crippen molar-refractivity contribution >= 4 is 6.16 Å². The van der Waals surface area contributed by atoms with E-state index < -0.39 is 6.16 Å². The Morgan fingerprint density at radius 3 is 1.39 bits per heavy atom. The molecule has 0 saturated heterocycles. The summed E-state index contributed by atoms with van der Waals surface area (Å²) in [6, 6.07) is 0. The summed E-state index contributed by atoms with van der Waals surface area (Å²) in [5, 5.41) is 0. The average molecular weight is 258 g/mol. The Balaban J connectivity index is 3.78. The van der Waals surface area contributed by atoms with Crippen molar-refractivity contribution in [2.45, 2.75) is 54.4 Å². The highest BCUT2D eigenvalue weighted by molar-refractivity contribution is 5.59. The molecule has 3 nitrogen and oxygen atoms in total. The van der Waals surface area contributed by atoms with Gasteiger partial charge in [-0.3, -0.25) is 0 Å². The fraction of sp³-hybridized carbons (Fsp3) is 0.933. The smallest absolute Gasteiger partial charge is 0.434 e. The highest BCUT2D eigenvalue weighted by Gasteiger charge is 2.16. The van der Waals surface area contributed by atoms with Crippen molar-refractivity contribution in [2.75, 3.05) is 13.2 Å². The van der Waals surface area contributed by atoms with Gasteiger partial charge in [0.05, 0.1) is 13.2 Å². The molecular formula is C15H30O3. The van der Waals surface area contributed by atoms with Gasteiger partial charge in [-0.1, -0.05) is 54.4 Å². The second-order valence-electron chi connectivity index (χ2n) is 5.60. The number of rotatable bonds is 8. The lowest BCUT2D eigenvalue weighted by molar-refractivity contribution is 0.0273. The van der Waals surface area contributed by atoms with E-state index in [2.05, 4.69) is 41.5 Å². The predicted molar refractivity (Wildman–Crippen MR) is 74.5 cm³/mol. The normalized spacial score (nSPS) is 17.7. The molecule has 0 aliphatic rings. The standard InChI is InChI=1S/C15H30O3/c1-7-11(3)13(5)9-17-15(16)18-10-14(6)12(4)8-2/h11-14H,7-10H2,1-6H3. The molecule has 0 bridgehead atoms. The molecular weight excluding hydrogens is 228 g/mol. The van der Waals surface area contributed by atoms with Gasteiger partial charge in [0.2, 0.25) is 0 Å². The number of hydrogen-bond donors (Lipinski definition) is 0. The molecule has 0 fully saturated rings.